The van der Waals surface area contributed by atoms with E-state index in [2.05, 4.69) is 5.32 Å². The van der Waals surface area contributed by atoms with E-state index in [4.69, 9.17) is 4.74 Å². The molecule has 2 aromatic rings. The van der Waals surface area contributed by atoms with E-state index in [9.17, 15) is 9.18 Å². The first-order valence-electron chi connectivity index (χ1n) is 9.49. The van der Waals surface area contributed by atoms with Crippen molar-refractivity contribution in [3.63, 3.8) is 0 Å². The summed E-state index contributed by atoms with van der Waals surface area (Å²) >= 11 is 0. The van der Waals surface area contributed by atoms with E-state index in [0.29, 0.717) is 19.0 Å². The lowest BCUT2D eigenvalue weighted by molar-refractivity contribution is 0.192. The van der Waals surface area contributed by atoms with Gasteiger partial charge in [-0.05, 0) is 68.0 Å². The molecule has 0 radical (unpaired) electrons. The van der Waals surface area contributed by atoms with Crippen molar-refractivity contribution in [3.05, 3.63) is 65.5 Å². The van der Waals surface area contributed by atoms with Crippen LogP contribution in [0.4, 0.5) is 9.18 Å². The van der Waals surface area contributed by atoms with E-state index >= 15 is 0 Å². The Morgan fingerprint density at radius 1 is 1.22 bits per heavy atom. The predicted molar refractivity (Wildman–Crippen MR) is 105 cm³/mol. The van der Waals surface area contributed by atoms with E-state index in [1.165, 1.54) is 12.1 Å². The van der Waals surface area contributed by atoms with Gasteiger partial charge in [-0.15, -0.1) is 0 Å². The Morgan fingerprint density at radius 2 is 1.96 bits per heavy atom. The molecule has 4 nitrogen and oxygen atoms in total. The zero-order chi connectivity index (χ0) is 19.2. The third-order valence-corrected chi connectivity index (χ3v) is 4.82. The second-order valence-corrected chi connectivity index (χ2v) is 7.21. The van der Waals surface area contributed by atoms with Gasteiger partial charge < -0.3 is 15.0 Å². The van der Waals surface area contributed by atoms with Crippen molar-refractivity contribution in [2.24, 2.45) is 0 Å². The van der Waals surface area contributed by atoms with Crippen LogP contribution in [0, 0.1) is 5.82 Å². The van der Waals surface area contributed by atoms with Gasteiger partial charge in [-0.2, -0.15) is 0 Å². The van der Waals surface area contributed by atoms with E-state index in [1.54, 1.807) is 13.2 Å². The molecule has 144 valence electrons. The standard InChI is InChI=1S/C22H27FN2O2/c1-16(13-18-6-4-8-21(15-18)27-2)24-22(26)25(20-9-10-20)12-11-17-5-3-7-19(23)14-17/h3-8,14-16,20H,9-13H2,1-2H3,(H,24,26). The molecule has 1 unspecified atom stereocenters. The number of halogens is 1. The number of carbonyl (C=O) groups excluding carboxylic acids is 1. The van der Waals surface area contributed by atoms with E-state index in [0.717, 1.165) is 36.1 Å². The van der Waals surface area contributed by atoms with Crippen molar-refractivity contribution < 1.29 is 13.9 Å². The lowest BCUT2D eigenvalue weighted by atomic mass is 10.1. The molecule has 2 amide bonds. The number of nitrogens with zero attached hydrogens (tertiary/aromatic N) is 1. The lowest BCUT2D eigenvalue weighted by Gasteiger charge is -2.25. The highest BCUT2D eigenvalue weighted by Gasteiger charge is 2.32. The van der Waals surface area contributed by atoms with Gasteiger partial charge in [0, 0.05) is 18.6 Å². The van der Waals surface area contributed by atoms with Gasteiger partial charge in [-0.3, -0.25) is 0 Å². The molecule has 3 rings (SSSR count). The van der Waals surface area contributed by atoms with Crippen LogP contribution in [-0.2, 0) is 12.8 Å². The van der Waals surface area contributed by atoms with Crippen LogP contribution in [0.2, 0.25) is 0 Å². The lowest BCUT2D eigenvalue weighted by Crippen LogP contribution is -2.46. The Labute approximate surface area is 160 Å². The quantitative estimate of drug-likeness (QED) is 0.757. The average Bonchev–Trinajstić information content (AvgIpc) is 3.47. The number of amides is 2. The summed E-state index contributed by atoms with van der Waals surface area (Å²) in [6.45, 7) is 2.61. The van der Waals surface area contributed by atoms with Crippen LogP contribution in [0.15, 0.2) is 48.5 Å². The van der Waals surface area contributed by atoms with Crippen molar-refractivity contribution in [2.45, 2.75) is 44.7 Å². The molecule has 1 N–H and O–H groups in total. The summed E-state index contributed by atoms with van der Waals surface area (Å²) in [6, 6.07) is 14.8. The number of urea groups is 1. The average molecular weight is 370 g/mol. The van der Waals surface area contributed by atoms with Crippen molar-refractivity contribution in [1.29, 1.82) is 0 Å². The molecule has 27 heavy (non-hydrogen) atoms. The molecule has 1 saturated carbocycles. The molecular formula is C22H27FN2O2. The second-order valence-electron chi connectivity index (χ2n) is 7.21. The first-order chi connectivity index (χ1) is 13.0. The largest absolute Gasteiger partial charge is 0.497 e. The van der Waals surface area contributed by atoms with Gasteiger partial charge in [-0.25, -0.2) is 9.18 Å². The molecular weight excluding hydrogens is 343 g/mol. The van der Waals surface area contributed by atoms with Gasteiger partial charge in [0.2, 0.25) is 0 Å². The summed E-state index contributed by atoms with van der Waals surface area (Å²) in [7, 11) is 1.65. The molecule has 5 heteroatoms. The van der Waals surface area contributed by atoms with Crippen LogP contribution in [0.5, 0.6) is 5.75 Å². The van der Waals surface area contributed by atoms with Crippen LogP contribution >= 0.6 is 0 Å². The van der Waals surface area contributed by atoms with Crippen LogP contribution < -0.4 is 10.1 Å². The fourth-order valence-corrected chi connectivity index (χ4v) is 3.28. The predicted octanol–water partition coefficient (Wildman–Crippen LogP) is 4.18. The van der Waals surface area contributed by atoms with Gasteiger partial charge in [0.25, 0.3) is 0 Å². The van der Waals surface area contributed by atoms with Crippen molar-refractivity contribution >= 4 is 6.03 Å². The Hall–Kier alpha value is -2.56. The topological polar surface area (TPSA) is 41.6 Å². The summed E-state index contributed by atoms with van der Waals surface area (Å²) in [6.07, 6.45) is 3.49. The minimum atomic E-state index is -0.234. The Bertz CT molecular complexity index is 776. The highest BCUT2D eigenvalue weighted by molar-refractivity contribution is 5.75. The van der Waals surface area contributed by atoms with Crippen LogP contribution in [0.1, 0.15) is 30.9 Å². The van der Waals surface area contributed by atoms with Crippen LogP contribution in [0.25, 0.3) is 0 Å². The summed E-state index contributed by atoms with van der Waals surface area (Å²) in [5.74, 6) is 0.586. The molecule has 0 bridgehead atoms. The van der Waals surface area contributed by atoms with Gasteiger partial charge in [0.1, 0.15) is 11.6 Å². The monoisotopic (exact) mass is 370 g/mol. The molecule has 1 atom stereocenters. The smallest absolute Gasteiger partial charge is 0.317 e. The SMILES string of the molecule is COc1cccc(CC(C)NC(=O)N(CCc2cccc(F)c2)C2CC2)c1. The minimum absolute atomic E-state index is 0.0139. The molecule has 1 fully saturated rings. The number of hydrogen-bond donors (Lipinski definition) is 1. The number of ether oxygens (including phenoxy) is 1. The molecule has 0 saturated heterocycles. The fraction of sp³-hybridized carbons (Fsp3) is 0.409. The van der Waals surface area contributed by atoms with Gasteiger partial charge >= 0.3 is 6.03 Å². The number of methoxy groups -OCH3 is 1. The number of hydrogen-bond acceptors (Lipinski definition) is 2. The number of carbonyl (C=O) groups is 1. The molecule has 0 heterocycles. The van der Waals surface area contributed by atoms with Crippen molar-refractivity contribution in [1.82, 2.24) is 10.2 Å². The molecule has 1 aliphatic rings. The summed E-state index contributed by atoms with van der Waals surface area (Å²) < 4.78 is 18.6. The third-order valence-electron chi connectivity index (χ3n) is 4.82. The highest BCUT2D eigenvalue weighted by atomic mass is 19.1. The van der Waals surface area contributed by atoms with E-state index in [1.807, 2.05) is 42.2 Å². The molecule has 0 aliphatic heterocycles. The van der Waals surface area contributed by atoms with Gasteiger partial charge in [0.15, 0.2) is 0 Å². The van der Waals surface area contributed by atoms with Crippen LogP contribution in [-0.4, -0.2) is 36.7 Å². The first kappa shape index (κ1) is 19.2. The number of benzene rings is 2. The second kappa shape index (κ2) is 8.89. The maximum atomic E-state index is 13.4. The highest BCUT2D eigenvalue weighted by Crippen LogP contribution is 2.27. The van der Waals surface area contributed by atoms with E-state index in [-0.39, 0.29) is 17.9 Å². The number of nitrogens with one attached hydrogen (secondary N) is 1. The van der Waals surface area contributed by atoms with E-state index < -0.39 is 0 Å². The summed E-state index contributed by atoms with van der Waals surface area (Å²) in [4.78, 5) is 14.6. The van der Waals surface area contributed by atoms with Crippen LogP contribution in [0.3, 0.4) is 0 Å². The molecule has 2 aromatic carbocycles. The Morgan fingerprint density at radius 3 is 2.67 bits per heavy atom. The summed E-state index contributed by atoms with van der Waals surface area (Å²) in [5, 5.41) is 3.11. The zero-order valence-corrected chi connectivity index (χ0v) is 16.0. The van der Waals surface area contributed by atoms with Gasteiger partial charge in [0.05, 0.1) is 7.11 Å². The maximum Gasteiger partial charge on any atom is 0.317 e. The molecule has 1 aliphatic carbocycles. The third kappa shape index (κ3) is 5.71. The Kier molecular flexibility index (Phi) is 6.32. The summed E-state index contributed by atoms with van der Waals surface area (Å²) in [5.41, 5.74) is 2.04. The minimum Gasteiger partial charge on any atom is -0.497 e. The normalized spacial score (nSPS) is 14.5. The maximum absolute atomic E-state index is 13.4. The zero-order valence-electron chi connectivity index (χ0n) is 16.0. The molecule has 0 aromatic heterocycles. The molecule has 0 spiro atoms. The fourth-order valence-electron chi connectivity index (χ4n) is 3.28. The van der Waals surface area contributed by atoms with Gasteiger partial charge in [-0.1, -0.05) is 24.3 Å². The number of rotatable bonds is 8. The Balaban J connectivity index is 1.54. The van der Waals surface area contributed by atoms with Crippen molar-refractivity contribution in [3.8, 4) is 5.75 Å². The van der Waals surface area contributed by atoms with Crippen molar-refractivity contribution in [2.75, 3.05) is 13.7 Å². The first-order valence-corrected chi connectivity index (χ1v) is 9.49.